The Hall–Kier alpha value is -4.18. The molecule has 0 unspecified atom stereocenters. The number of carboxylic acids is 1. The first-order chi connectivity index (χ1) is 21.0. The van der Waals surface area contributed by atoms with Gasteiger partial charge >= 0.3 is 5.97 Å². The topological polar surface area (TPSA) is 131 Å². The third kappa shape index (κ3) is 7.43. The summed E-state index contributed by atoms with van der Waals surface area (Å²) in [7, 11) is 1.63. The Morgan fingerprint density at radius 3 is 2.65 bits per heavy atom. The minimum atomic E-state index is -1.04. The number of anilines is 1. The average molecular weight is 588 g/mol. The van der Waals surface area contributed by atoms with Gasteiger partial charge in [0.25, 0.3) is 0 Å². The predicted molar refractivity (Wildman–Crippen MR) is 164 cm³/mol. The number of likely N-dealkylation sites (tertiary alicyclic amines) is 1. The lowest BCUT2D eigenvalue weighted by Crippen LogP contribution is -2.45. The van der Waals surface area contributed by atoms with Crippen molar-refractivity contribution >= 4 is 17.8 Å². The molecule has 228 valence electrons. The van der Waals surface area contributed by atoms with Crippen molar-refractivity contribution in [2.75, 3.05) is 44.8 Å². The molecule has 43 heavy (non-hydrogen) atoms. The quantitative estimate of drug-likeness (QED) is 0.304. The number of fused-ring (bicyclic) bond motifs is 1. The molecule has 3 heterocycles. The van der Waals surface area contributed by atoms with E-state index in [1.807, 2.05) is 53.4 Å². The summed E-state index contributed by atoms with van der Waals surface area (Å²) >= 11 is 0. The minimum Gasteiger partial charge on any atom is -0.496 e. The molecule has 5 rings (SSSR count). The van der Waals surface area contributed by atoms with Gasteiger partial charge in [-0.3, -0.25) is 4.79 Å². The summed E-state index contributed by atoms with van der Waals surface area (Å²) in [6.07, 6.45) is 6.70. The number of nitrogens with zero attached hydrogens (tertiary/aromatic N) is 4. The summed E-state index contributed by atoms with van der Waals surface area (Å²) in [5.74, 6) is 1.40. The van der Waals surface area contributed by atoms with Crippen LogP contribution in [0.3, 0.4) is 0 Å². The molecule has 0 aliphatic carbocycles. The van der Waals surface area contributed by atoms with Gasteiger partial charge in [0.2, 0.25) is 11.9 Å². The molecule has 2 saturated heterocycles. The zero-order chi connectivity index (χ0) is 30.2. The summed E-state index contributed by atoms with van der Waals surface area (Å²) in [6, 6.07) is 15.5. The smallest absolute Gasteiger partial charge is 0.339 e. The summed E-state index contributed by atoms with van der Waals surface area (Å²) in [4.78, 5) is 39.0. The molecule has 3 aromatic rings. The van der Waals surface area contributed by atoms with E-state index in [0.717, 1.165) is 61.4 Å². The number of hydrogen-bond acceptors (Lipinski definition) is 8. The highest BCUT2D eigenvalue weighted by atomic mass is 16.5. The molecule has 2 atom stereocenters. The van der Waals surface area contributed by atoms with Crippen molar-refractivity contribution in [1.29, 1.82) is 0 Å². The van der Waals surface area contributed by atoms with Crippen molar-refractivity contribution in [1.82, 2.24) is 14.9 Å². The highest BCUT2D eigenvalue weighted by molar-refractivity contribution is 5.88. The average Bonchev–Trinajstić information content (AvgIpc) is 3.34. The third-order valence-electron chi connectivity index (χ3n) is 8.44. The number of aryl methyl sites for hydroxylation is 2. The van der Waals surface area contributed by atoms with Crippen LogP contribution < -0.4 is 20.1 Å². The van der Waals surface area contributed by atoms with E-state index >= 15 is 0 Å². The number of carbonyl (C=O) groups is 2. The molecule has 0 spiro atoms. The lowest BCUT2D eigenvalue weighted by molar-refractivity contribution is -0.132. The van der Waals surface area contributed by atoms with E-state index in [1.165, 1.54) is 6.20 Å². The van der Waals surface area contributed by atoms with Crippen LogP contribution in [0.15, 0.2) is 54.7 Å². The number of ether oxygens (including phenoxy) is 2. The zero-order valence-electron chi connectivity index (χ0n) is 24.8. The van der Waals surface area contributed by atoms with Gasteiger partial charge in [0.05, 0.1) is 37.4 Å². The summed E-state index contributed by atoms with van der Waals surface area (Å²) in [6.45, 7) is 3.25. The lowest BCUT2D eigenvalue weighted by atomic mass is 9.98. The van der Waals surface area contributed by atoms with E-state index in [0.29, 0.717) is 56.5 Å². The first-order valence-corrected chi connectivity index (χ1v) is 15.1. The molecule has 0 saturated carbocycles. The Labute approximate surface area is 252 Å². The fourth-order valence-electron chi connectivity index (χ4n) is 6.15. The van der Waals surface area contributed by atoms with E-state index < -0.39 is 5.97 Å². The number of methoxy groups -OCH3 is 1. The molecular weight excluding hydrogens is 546 g/mol. The van der Waals surface area contributed by atoms with Crippen LogP contribution in [0.5, 0.6) is 11.5 Å². The van der Waals surface area contributed by atoms with Crippen molar-refractivity contribution < 1.29 is 24.2 Å². The second-order valence-electron chi connectivity index (χ2n) is 11.3. The van der Waals surface area contributed by atoms with Gasteiger partial charge in [-0.25, -0.2) is 14.8 Å². The maximum Gasteiger partial charge on any atom is 0.339 e. The van der Waals surface area contributed by atoms with Crippen molar-refractivity contribution in [3.8, 4) is 11.5 Å². The molecule has 1 aromatic heterocycles. The van der Waals surface area contributed by atoms with Gasteiger partial charge in [0, 0.05) is 31.4 Å². The number of para-hydroxylation sites is 1. The normalized spacial score (nSPS) is 18.2. The first-order valence-electron chi connectivity index (χ1n) is 15.1. The summed E-state index contributed by atoms with van der Waals surface area (Å²) in [5, 5.41) is 9.84. The van der Waals surface area contributed by atoms with Crippen molar-refractivity contribution in [3.63, 3.8) is 0 Å². The second-order valence-corrected chi connectivity index (χ2v) is 11.3. The van der Waals surface area contributed by atoms with E-state index in [4.69, 9.17) is 20.2 Å². The molecule has 2 fully saturated rings. The van der Waals surface area contributed by atoms with Crippen molar-refractivity contribution in [2.45, 2.75) is 51.0 Å². The Morgan fingerprint density at radius 1 is 1.07 bits per heavy atom. The monoisotopic (exact) mass is 587 g/mol. The number of nitrogens with two attached hydrogens (primary N) is 1. The van der Waals surface area contributed by atoms with Gasteiger partial charge in [-0.15, -0.1) is 0 Å². The molecular formula is C33H41N5O5. The predicted octanol–water partition coefficient (Wildman–Crippen LogP) is 3.76. The maximum absolute atomic E-state index is 13.6. The van der Waals surface area contributed by atoms with E-state index in [1.54, 1.807) is 7.11 Å². The molecule has 2 aliphatic rings. The fraction of sp³-hybridized carbons (Fsp3) is 0.455. The summed E-state index contributed by atoms with van der Waals surface area (Å²) in [5.41, 5.74) is 8.11. The third-order valence-corrected chi connectivity index (χ3v) is 8.44. The molecule has 1 amide bonds. The standard InChI is InChI=1S/C33H41N5O5/c1-42-30-9-3-2-7-24(30)19-31(39)38-17-5-4-8-25-21-37(22-29(25)38)33-35-20-27(32(40)41)28(36-33)15-12-23-10-13-26(14-11-23)43-18-6-16-34/h2-3,7,9-11,13-14,20,25,29H,4-6,8,12,15-19,21-22,34H2,1H3,(H,40,41)/t25-,29-/m0/s1. The molecule has 10 heteroatoms. The van der Waals surface area contributed by atoms with Gasteiger partial charge in [0.15, 0.2) is 0 Å². The Kier molecular flexibility index (Phi) is 10.1. The van der Waals surface area contributed by atoms with E-state index in [-0.39, 0.29) is 17.5 Å². The number of amides is 1. The van der Waals surface area contributed by atoms with Gasteiger partial charge in [-0.05, 0) is 68.3 Å². The maximum atomic E-state index is 13.6. The molecule has 0 bridgehead atoms. The molecule has 2 aromatic carbocycles. The van der Waals surface area contributed by atoms with Crippen LogP contribution in [-0.4, -0.2) is 77.8 Å². The largest absolute Gasteiger partial charge is 0.496 e. The minimum absolute atomic E-state index is 0.0569. The Bertz CT molecular complexity index is 1400. The Morgan fingerprint density at radius 2 is 1.88 bits per heavy atom. The van der Waals surface area contributed by atoms with Crippen LogP contribution in [0.1, 0.15) is 52.9 Å². The molecule has 3 N–H and O–H groups in total. The number of rotatable bonds is 12. The Balaban J connectivity index is 1.28. The van der Waals surface area contributed by atoms with Crippen LogP contribution in [0.25, 0.3) is 0 Å². The van der Waals surface area contributed by atoms with Gasteiger partial charge in [0.1, 0.15) is 11.5 Å². The second kappa shape index (κ2) is 14.3. The number of aromatic nitrogens is 2. The van der Waals surface area contributed by atoms with Gasteiger partial charge in [-0.1, -0.05) is 36.8 Å². The SMILES string of the molecule is COc1ccccc1CC(=O)N1CCCC[C@H]2CN(c3ncc(C(=O)O)c(CCc4ccc(OCCCN)cc4)n3)C[C@@H]21. The number of hydrogen-bond donors (Lipinski definition) is 2. The van der Waals surface area contributed by atoms with Crippen LogP contribution in [0, 0.1) is 5.92 Å². The number of benzene rings is 2. The molecule has 2 aliphatic heterocycles. The van der Waals surface area contributed by atoms with E-state index in [9.17, 15) is 14.7 Å². The van der Waals surface area contributed by atoms with Gasteiger partial charge < -0.3 is 30.1 Å². The van der Waals surface area contributed by atoms with Gasteiger partial charge in [-0.2, -0.15) is 0 Å². The first kappa shape index (κ1) is 30.3. The fourth-order valence-corrected chi connectivity index (χ4v) is 6.15. The highest BCUT2D eigenvalue weighted by Crippen LogP contribution is 2.33. The van der Waals surface area contributed by atoms with Crippen LogP contribution in [0.4, 0.5) is 5.95 Å². The van der Waals surface area contributed by atoms with Crippen LogP contribution >= 0.6 is 0 Å². The number of carboxylic acid groups (broad SMARTS) is 1. The number of carbonyl (C=O) groups excluding carboxylic acids is 1. The molecule has 0 radical (unpaired) electrons. The number of aromatic carboxylic acids is 1. The van der Waals surface area contributed by atoms with Crippen molar-refractivity contribution in [3.05, 3.63) is 77.1 Å². The van der Waals surface area contributed by atoms with Crippen LogP contribution in [-0.2, 0) is 24.1 Å². The highest BCUT2D eigenvalue weighted by Gasteiger charge is 2.40. The molecule has 10 nitrogen and oxygen atoms in total. The zero-order valence-corrected chi connectivity index (χ0v) is 24.8. The van der Waals surface area contributed by atoms with Crippen molar-refractivity contribution in [2.24, 2.45) is 11.7 Å². The lowest BCUT2D eigenvalue weighted by Gasteiger charge is -2.30. The van der Waals surface area contributed by atoms with E-state index in [2.05, 4.69) is 9.88 Å². The van der Waals surface area contributed by atoms with Crippen LogP contribution in [0.2, 0.25) is 0 Å². The summed E-state index contributed by atoms with van der Waals surface area (Å²) < 4.78 is 11.2.